The van der Waals surface area contributed by atoms with Crippen LogP contribution in [0.25, 0.3) is 12.2 Å². The summed E-state index contributed by atoms with van der Waals surface area (Å²) in [6.45, 7) is -0.881. The fraction of sp³-hybridized carbons (Fsp3) is 0.148. The molecule has 0 aromatic heterocycles. The molecule has 0 bridgehead atoms. The Hall–Kier alpha value is -3.77. The highest BCUT2D eigenvalue weighted by Gasteiger charge is 2.35. The molecule has 39 heavy (non-hydrogen) atoms. The van der Waals surface area contributed by atoms with Gasteiger partial charge in [-0.1, -0.05) is 24.3 Å². The first-order valence-electron chi connectivity index (χ1n) is 11.2. The second-order valence-electron chi connectivity index (χ2n) is 8.63. The SMILES string of the molecule is O=C1/C(=C/c2ccc(C(F)(F)F)cc2)CN(S(=O)(=O)c2ccc(F)cc2)C/C1=C\c1ccc(C(F)(F)F)cc1. The Morgan fingerprint density at radius 1 is 0.641 bits per heavy atom. The van der Waals surface area contributed by atoms with Gasteiger partial charge >= 0.3 is 12.4 Å². The van der Waals surface area contributed by atoms with Crippen molar-refractivity contribution in [3.63, 3.8) is 0 Å². The van der Waals surface area contributed by atoms with Crippen molar-refractivity contribution in [1.29, 1.82) is 0 Å². The number of alkyl halides is 6. The Kier molecular flexibility index (Phi) is 7.55. The van der Waals surface area contributed by atoms with Crippen LogP contribution in [0.4, 0.5) is 30.7 Å². The van der Waals surface area contributed by atoms with Gasteiger partial charge in [-0.05, 0) is 71.8 Å². The fourth-order valence-electron chi connectivity index (χ4n) is 3.87. The molecule has 12 heteroatoms. The minimum atomic E-state index is -4.58. The standard InChI is InChI=1S/C27H18F7NO3S/c28-23-9-11-24(12-10-23)39(37,38)35-15-19(13-17-1-5-21(6-2-17)26(29,30)31)25(36)20(16-35)14-18-3-7-22(8-4-18)27(32,33)34/h1-14H,15-16H2/b19-13+,20-14+. The number of piperidine rings is 1. The lowest BCUT2D eigenvalue weighted by Crippen LogP contribution is -2.41. The van der Waals surface area contributed by atoms with Crippen LogP contribution in [0.2, 0.25) is 0 Å². The zero-order valence-corrected chi connectivity index (χ0v) is 20.5. The zero-order valence-electron chi connectivity index (χ0n) is 19.7. The van der Waals surface area contributed by atoms with Crippen molar-refractivity contribution in [1.82, 2.24) is 4.31 Å². The van der Waals surface area contributed by atoms with Crippen LogP contribution in [-0.2, 0) is 27.2 Å². The van der Waals surface area contributed by atoms with E-state index >= 15 is 0 Å². The Bertz CT molecular complexity index is 1460. The van der Waals surface area contributed by atoms with E-state index in [0.29, 0.717) is 0 Å². The zero-order chi connectivity index (χ0) is 28.6. The van der Waals surface area contributed by atoms with Crippen molar-refractivity contribution in [3.05, 3.63) is 112 Å². The number of rotatable bonds is 4. The van der Waals surface area contributed by atoms with Crippen molar-refractivity contribution in [3.8, 4) is 0 Å². The van der Waals surface area contributed by atoms with Crippen LogP contribution >= 0.6 is 0 Å². The van der Waals surface area contributed by atoms with E-state index in [0.717, 1.165) is 77.1 Å². The molecule has 4 nitrogen and oxygen atoms in total. The van der Waals surface area contributed by atoms with Crippen molar-refractivity contribution < 1.29 is 43.9 Å². The number of carbonyl (C=O) groups excluding carboxylic acids is 1. The summed E-state index contributed by atoms with van der Waals surface area (Å²) in [4.78, 5) is 13.0. The Morgan fingerprint density at radius 2 is 1.03 bits per heavy atom. The van der Waals surface area contributed by atoms with Crippen LogP contribution < -0.4 is 0 Å². The first-order valence-corrected chi connectivity index (χ1v) is 12.6. The number of hydrogen-bond acceptors (Lipinski definition) is 3. The van der Waals surface area contributed by atoms with E-state index in [-0.39, 0.29) is 27.2 Å². The van der Waals surface area contributed by atoms with E-state index in [1.807, 2.05) is 0 Å². The maximum Gasteiger partial charge on any atom is 0.416 e. The van der Waals surface area contributed by atoms with Crippen LogP contribution in [-0.4, -0.2) is 31.6 Å². The third-order valence-corrected chi connectivity index (χ3v) is 7.69. The van der Waals surface area contributed by atoms with Crippen LogP contribution in [0.5, 0.6) is 0 Å². The van der Waals surface area contributed by atoms with Crippen molar-refractivity contribution >= 4 is 28.0 Å². The molecular weight excluding hydrogens is 551 g/mol. The van der Waals surface area contributed by atoms with Crippen molar-refractivity contribution in [2.75, 3.05) is 13.1 Å². The van der Waals surface area contributed by atoms with Gasteiger partial charge in [0.1, 0.15) is 5.82 Å². The Balaban J connectivity index is 1.75. The van der Waals surface area contributed by atoms with Crippen LogP contribution in [0.1, 0.15) is 22.3 Å². The smallest absolute Gasteiger partial charge is 0.289 e. The summed E-state index contributed by atoms with van der Waals surface area (Å²) in [6, 6.07) is 11.7. The van der Waals surface area contributed by atoms with Gasteiger partial charge in [-0.3, -0.25) is 4.79 Å². The van der Waals surface area contributed by atoms with Gasteiger partial charge in [0.2, 0.25) is 10.0 Å². The molecule has 0 aliphatic carbocycles. The second kappa shape index (κ2) is 10.4. The quantitative estimate of drug-likeness (QED) is 0.263. The summed E-state index contributed by atoms with van der Waals surface area (Å²) in [5.41, 5.74) is -1.59. The summed E-state index contributed by atoms with van der Waals surface area (Å²) in [6.07, 6.45) is -6.67. The molecule has 0 N–H and O–H groups in total. The van der Waals surface area contributed by atoms with Gasteiger partial charge in [0.15, 0.2) is 5.78 Å². The van der Waals surface area contributed by atoms with E-state index in [1.54, 1.807) is 0 Å². The maximum atomic E-state index is 13.4. The van der Waals surface area contributed by atoms with E-state index in [9.17, 15) is 43.9 Å². The molecule has 0 spiro atoms. The molecule has 1 heterocycles. The van der Waals surface area contributed by atoms with Crippen LogP contribution in [0, 0.1) is 5.82 Å². The van der Waals surface area contributed by atoms with E-state index in [1.165, 1.54) is 12.2 Å². The number of ketones is 1. The monoisotopic (exact) mass is 569 g/mol. The largest absolute Gasteiger partial charge is 0.416 e. The third kappa shape index (κ3) is 6.45. The summed E-state index contributed by atoms with van der Waals surface area (Å²) in [5, 5.41) is 0. The van der Waals surface area contributed by atoms with Gasteiger partial charge in [-0.15, -0.1) is 0 Å². The number of benzene rings is 3. The molecule has 3 aromatic carbocycles. The normalized spacial score (nSPS) is 17.7. The van der Waals surface area contributed by atoms with Crippen molar-refractivity contribution in [2.24, 2.45) is 0 Å². The van der Waals surface area contributed by atoms with E-state index in [2.05, 4.69) is 0 Å². The number of Topliss-reactive ketones (excluding diaryl/α,β-unsaturated/α-hetero) is 1. The molecule has 0 atom stereocenters. The molecule has 1 aliphatic rings. The average molecular weight is 569 g/mol. The first kappa shape index (κ1) is 28.2. The molecule has 4 rings (SSSR count). The minimum absolute atomic E-state index is 0.0788. The Morgan fingerprint density at radius 3 is 1.38 bits per heavy atom. The highest BCUT2D eigenvalue weighted by atomic mass is 32.2. The summed E-state index contributed by atoms with van der Waals surface area (Å²) in [7, 11) is -4.27. The molecule has 1 fully saturated rings. The van der Waals surface area contributed by atoms with Gasteiger partial charge < -0.3 is 0 Å². The van der Waals surface area contributed by atoms with Gasteiger partial charge in [-0.25, -0.2) is 12.8 Å². The highest BCUT2D eigenvalue weighted by Crippen LogP contribution is 2.32. The number of nitrogens with zero attached hydrogens (tertiary/aromatic N) is 1. The lowest BCUT2D eigenvalue weighted by atomic mass is 9.95. The lowest BCUT2D eigenvalue weighted by Gasteiger charge is -2.29. The number of hydrogen-bond donors (Lipinski definition) is 0. The van der Waals surface area contributed by atoms with Gasteiger partial charge in [0.25, 0.3) is 0 Å². The minimum Gasteiger partial charge on any atom is -0.289 e. The fourth-order valence-corrected chi connectivity index (χ4v) is 5.27. The second-order valence-corrected chi connectivity index (χ2v) is 10.6. The lowest BCUT2D eigenvalue weighted by molar-refractivity contribution is -0.138. The number of carbonyl (C=O) groups is 1. The molecule has 1 saturated heterocycles. The number of halogens is 7. The predicted octanol–water partition coefficient (Wildman–Crippen LogP) is 6.60. The van der Waals surface area contributed by atoms with Crippen LogP contribution in [0.15, 0.2) is 88.8 Å². The molecule has 0 unspecified atom stereocenters. The molecule has 0 saturated carbocycles. The Labute approximate surface area is 218 Å². The topological polar surface area (TPSA) is 54.5 Å². The van der Waals surface area contributed by atoms with Gasteiger partial charge in [0, 0.05) is 24.2 Å². The van der Waals surface area contributed by atoms with Crippen LogP contribution in [0.3, 0.4) is 0 Å². The van der Waals surface area contributed by atoms with Gasteiger partial charge in [-0.2, -0.15) is 30.6 Å². The number of sulfonamides is 1. The highest BCUT2D eigenvalue weighted by molar-refractivity contribution is 7.89. The molecule has 204 valence electrons. The van der Waals surface area contributed by atoms with Crippen molar-refractivity contribution in [2.45, 2.75) is 17.2 Å². The average Bonchev–Trinajstić information content (AvgIpc) is 2.86. The summed E-state index contributed by atoms with van der Waals surface area (Å²) < 4.78 is 118. The molecule has 3 aromatic rings. The third-order valence-electron chi connectivity index (χ3n) is 5.89. The molecule has 0 amide bonds. The van der Waals surface area contributed by atoms with E-state index < -0.39 is 58.2 Å². The summed E-state index contributed by atoms with van der Waals surface area (Å²) in [5.74, 6) is -1.30. The van der Waals surface area contributed by atoms with E-state index in [4.69, 9.17) is 0 Å². The molecule has 0 radical (unpaired) electrons. The summed E-state index contributed by atoms with van der Waals surface area (Å²) >= 11 is 0. The molecular formula is C27H18F7NO3S. The first-order chi connectivity index (χ1) is 18.1. The maximum absolute atomic E-state index is 13.4. The van der Waals surface area contributed by atoms with Gasteiger partial charge in [0.05, 0.1) is 16.0 Å². The molecule has 1 aliphatic heterocycles. The predicted molar refractivity (Wildman–Crippen MR) is 129 cm³/mol.